The largest absolute Gasteiger partial charge is 1.00 e. The number of thioether (sulfide) groups is 2. The molecule has 2 aliphatic rings. The maximum Gasteiger partial charge on any atom is 1.00 e. The van der Waals surface area contributed by atoms with Crippen molar-refractivity contribution in [3.05, 3.63) is 61.6 Å². The molecule has 1 fully saturated rings. The van der Waals surface area contributed by atoms with Crippen LogP contribution in [0, 0.1) is 17.5 Å². The van der Waals surface area contributed by atoms with E-state index >= 15 is 0 Å². The molecular formula is C24H15F3N5NaO8S4. The number of thiazole rings is 1. The van der Waals surface area contributed by atoms with Gasteiger partial charge in [-0.25, -0.2) is 22.9 Å². The smallest absolute Gasteiger partial charge is 0.543 e. The number of nitrogen functional groups attached to an aromatic ring is 1. The molecule has 2 aromatic heterocycles. The van der Waals surface area contributed by atoms with Crippen LogP contribution in [0.4, 0.5) is 18.3 Å². The van der Waals surface area contributed by atoms with E-state index in [0.717, 1.165) is 28.0 Å². The normalized spacial score (nSPS) is 17.8. The number of carbonyl (C=O) groups excluding carboxylic acids is 3. The number of oxime groups is 1. The number of nitrogens with one attached hydrogen (secondary N) is 1. The Kier molecular flexibility index (Phi) is 10.6. The zero-order valence-corrected chi connectivity index (χ0v) is 28.0. The van der Waals surface area contributed by atoms with Gasteiger partial charge in [0.1, 0.15) is 29.8 Å². The minimum atomic E-state index is -1.85. The van der Waals surface area contributed by atoms with Crippen LogP contribution in [-0.2, 0) is 19.2 Å². The van der Waals surface area contributed by atoms with Crippen LogP contribution in [-0.4, -0.2) is 74.5 Å². The van der Waals surface area contributed by atoms with Crippen LogP contribution in [0.5, 0.6) is 0 Å². The van der Waals surface area contributed by atoms with Crippen LogP contribution in [0.25, 0.3) is 10.1 Å². The van der Waals surface area contributed by atoms with Crippen LogP contribution >= 0.6 is 46.2 Å². The van der Waals surface area contributed by atoms with Crippen molar-refractivity contribution in [2.45, 2.75) is 15.6 Å². The number of aliphatic carboxylic acids is 1. The number of carboxylic acids is 2. The molecule has 5 rings (SSSR count). The number of hydrogen-bond acceptors (Lipinski definition) is 14. The molecule has 0 unspecified atom stereocenters. The molecule has 4 N–H and O–H groups in total. The van der Waals surface area contributed by atoms with Gasteiger partial charge in [-0.2, -0.15) is 0 Å². The third-order valence-electron chi connectivity index (χ3n) is 6.27. The van der Waals surface area contributed by atoms with Gasteiger partial charge in [0.2, 0.25) is 5.43 Å². The molecule has 0 spiro atoms. The van der Waals surface area contributed by atoms with E-state index in [1.165, 1.54) is 12.5 Å². The number of rotatable bonds is 9. The molecule has 0 saturated carbocycles. The zero-order chi connectivity index (χ0) is 32.0. The topological polar surface area (TPSA) is 204 Å². The molecule has 3 aromatic rings. The van der Waals surface area contributed by atoms with E-state index in [-0.39, 0.29) is 67.4 Å². The molecule has 21 heteroatoms. The summed E-state index contributed by atoms with van der Waals surface area (Å²) in [5.41, 5.74) is 2.89. The van der Waals surface area contributed by atoms with Gasteiger partial charge < -0.3 is 30.9 Å². The van der Waals surface area contributed by atoms with Gasteiger partial charge in [-0.15, -0.1) is 46.2 Å². The second-order valence-electron chi connectivity index (χ2n) is 8.84. The summed E-state index contributed by atoms with van der Waals surface area (Å²) in [7, 11) is 1.19. The standard InChI is InChI=1S/C24H16F3N5O8S4.Na/c1-40-31-13(9-5-43-24(28)29-9)18(34)30-14-19(35)32-15(22(38)39)6(3-41-20(14)32)4-42-23-10(21(36)37)16(33)7-2-8(25)11(26)12(27)17(7)44-23;/h2,5,14,20H,3-4H2,1H3,(H2,28,29)(H,30,34)(H,36,37)(H,38,39);/q;+1/p-1/b31-13-;/t14-,20-;/m1./s1. The Hall–Kier alpha value is -3.14. The molecule has 0 bridgehead atoms. The average Bonchev–Trinajstić information content (AvgIpc) is 3.41. The number of fused-ring (bicyclic) bond motifs is 2. The summed E-state index contributed by atoms with van der Waals surface area (Å²) in [5, 5.41) is 28.0. The van der Waals surface area contributed by atoms with Gasteiger partial charge >= 0.3 is 35.5 Å². The molecule has 13 nitrogen and oxygen atoms in total. The summed E-state index contributed by atoms with van der Waals surface area (Å²) in [6.45, 7) is 0. The predicted molar refractivity (Wildman–Crippen MR) is 153 cm³/mol. The Labute approximate surface area is 288 Å². The van der Waals surface area contributed by atoms with Gasteiger partial charge in [-0.05, 0) is 11.6 Å². The van der Waals surface area contributed by atoms with E-state index < -0.39 is 79.4 Å². The Bertz CT molecular complexity index is 1900. The first-order valence-electron chi connectivity index (χ1n) is 11.9. The fourth-order valence-corrected chi connectivity index (χ4v) is 8.80. The van der Waals surface area contributed by atoms with Crippen molar-refractivity contribution in [1.82, 2.24) is 15.2 Å². The number of benzene rings is 1. The minimum absolute atomic E-state index is 0. The molecule has 1 aromatic carbocycles. The van der Waals surface area contributed by atoms with Crippen molar-refractivity contribution < 1.29 is 77.0 Å². The summed E-state index contributed by atoms with van der Waals surface area (Å²) in [6, 6.07) is -0.764. The summed E-state index contributed by atoms with van der Waals surface area (Å²) >= 11 is 3.13. The molecule has 1 saturated heterocycles. The van der Waals surface area contributed by atoms with E-state index in [9.17, 15) is 47.4 Å². The van der Waals surface area contributed by atoms with E-state index in [0.29, 0.717) is 29.2 Å². The summed E-state index contributed by atoms with van der Waals surface area (Å²) in [5.74, 6) is -10.6. The first-order chi connectivity index (χ1) is 20.8. The number of carbonyl (C=O) groups is 4. The zero-order valence-electron chi connectivity index (χ0n) is 22.7. The van der Waals surface area contributed by atoms with E-state index in [4.69, 9.17) is 10.6 Å². The number of nitrogens with zero attached hydrogens (tertiary/aromatic N) is 3. The van der Waals surface area contributed by atoms with E-state index in [2.05, 4.69) is 15.5 Å². The van der Waals surface area contributed by atoms with Crippen LogP contribution in [0.1, 0.15) is 16.1 Å². The Morgan fingerprint density at radius 2 is 2.00 bits per heavy atom. The third-order valence-corrected chi connectivity index (χ3v) is 10.8. The number of aromatic carboxylic acids is 1. The molecule has 230 valence electrons. The predicted octanol–water partition coefficient (Wildman–Crippen LogP) is -2.03. The molecule has 2 atom stereocenters. The maximum absolute atomic E-state index is 14.5. The van der Waals surface area contributed by atoms with Gasteiger partial charge in [0.15, 0.2) is 28.3 Å². The Morgan fingerprint density at radius 1 is 1.29 bits per heavy atom. The molecule has 0 aliphatic carbocycles. The van der Waals surface area contributed by atoms with Crippen molar-refractivity contribution in [2.75, 3.05) is 24.3 Å². The van der Waals surface area contributed by atoms with E-state index in [1.807, 2.05) is 0 Å². The summed E-state index contributed by atoms with van der Waals surface area (Å²) in [6.07, 6.45) is 0. The van der Waals surface area contributed by atoms with Gasteiger partial charge in [0.25, 0.3) is 11.8 Å². The molecule has 0 radical (unpaired) electrons. The quantitative estimate of drug-likeness (QED) is 0.0550. The minimum Gasteiger partial charge on any atom is -0.543 e. The molecule has 45 heavy (non-hydrogen) atoms. The fourth-order valence-electron chi connectivity index (χ4n) is 4.34. The van der Waals surface area contributed by atoms with Crippen LogP contribution in [0.2, 0.25) is 0 Å². The van der Waals surface area contributed by atoms with Gasteiger partial charge in [-0.1, -0.05) is 5.16 Å². The number of β-lactam (4-membered cyclic amide) rings is 1. The number of aromatic nitrogens is 1. The number of hydrogen-bond donors (Lipinski definition) is 3. The molecule has 4 heterocycles. The van der Waals surface area contributed by atoms with Gasteiger partial charge in [-0.3, -0.25) is 19.3 Å². The average molecular weight is 710 g/mol. The Balaban J connectivity index is 0.00000461. The molecule has 2 amide bonds. The van der Waals surface area contributed by atoms with Gasteiger partial charge in [0, 0.05) is 22.3 Å². The monoisotopic (exact) mass is 709 g/mol. The van der Waals surface area contributed by atoms with Crippen molar-refractivity contribution in [2.24, 2.45) is 5.16 Å². The maximum atomic E-state index is 14.5. The van der Waals surface area contributed by atoms with Crippen LogP contribution < -0.4 is 51.1 Å². The van der Waals surface area contributed by atoms with Crippen molar-refractivity contribution >= 4 is 90.9 Å². The fraction of sp³-hybridized carbons (Fsp3) is 0.208. The second-order valence-corrected chi connectivity index (χ2v) is 13.1. The van der Waals surface area contributed by atoms with Crippen molar-refractivity contribution in [1.29, 1.82) is 0 Å². The van der Waals surface area contributed by atoms with E-state index in [1.54, 1.807) is 0 Å². The van der Waals surface area contributed by atoms with Crippen molar-refractivity contribution in [3.8, 4) is 0 Å². The van der Waals surface area contributed by atoms with Crippen molar-refractivity contribution in [3.63, 3.8) is 0 Å². The number of nitrogens with two attached hydrogens (primary N) is 1. The number of anilines is 1. The molecular weight excluding hydrogens is 695 g/mol. The number of amides is 2. The summed E-state index contributed by atoms with van der Waals surface area (Å²) in [4.78, 5) is 72.4. The number of carboxylic acid groups (broad SMARTS) is 2. The van der Waals surface area contributed by atoms with Crippen LogP contribution in [0.15, 0.2) is 36.9 Å². The van der Waals surface area contributed by atoms with Crippen LogP contribution in [0.3, 0.4) is 0 Å². The second kappa shape index (κ2) is 13.7. The first kappa shape index (κ1) is 34.7. The summed E-state index contributed by atoms with van der Waals surface area (Å²) < 4.78 is 41.2. The van der Waals surface area contributed by atoms with Gasteiger partial charge in [0.05, 0.1) is 20.6 Å². The molecule has 2 aliphatic heterocycles. The number of halogens is 3. The SMILES string of the molecule is CO/N=C(\C(=O)N[C@@H]1C(=O)N2C(C(=O)[O-])=C(CSc3sc4c(F)c(F)c(F)cc4c(=O)c3C(=O)O)CS[C@H]12)c1csc(N)n1.[Na+]. The Morgan fingerprint density at radius 3 is 2.60 bits per heavy atom. The third kappa shape index (κ3) is 6.31. The first-order valence-corrected chi connectivity index (χ1v) is 15.6.